The molecular formula is C14H16N2O5. The average molecular weight is 292 g/mol. The van der Waals surface area contributed by atoms with Crippen LogP contribution in [0, 0.1) is 21.4 Å². The van der Waals surface area contributed by atoms with Crippen LogP contribution in [0.4, 0.5) is 5.69 Å². The number of nitrogens with zero attached hydrogens (tertiary/aromatic N) is 2. The van der Waals surface area contributed by atoms with Gasteiger partial charge < -0.3 is 9.47 Å². The van der Waals surface area contributed by atoms with Crippen molar-refractivity contribution in [3.8, 4) is 11.8 Å². The Labute approximate surface area is 122 Å². The Bertz CT molecular complexity index is 598. The molecule has 0 aliphatic heterocycles. The number of hydrogen-bond acceptors (Lipinski definition) is 6. The number of ether oxygens (including phenoxy) is 2. The van der Waals surface area contributed by atoms with E-state index in [4.69, 9.17) is 14.7 Å². The highest BCUT2D eigenvalue weighted by molar-refractivity contribution is 5.75. The summed E-state index contributed by atoms with van der Waals surface area (Å²) in [6.07, 6.45) is -1.00. The van der Waals surface area contributed by atoms with Crippen LogP contribution in [0.1, 0.15) is 33.3 Å². The van der Waals surface area contributed by atoms with Gasteiger partial charge in [0, 0.05) is 6.07 Å². The fraction of sp³-hybridized carbons (Fsp3) is 0.429. The zero-order chi connectivity index (χ0) is 16.2. The van der Waals surface area contributed by atoms with Gasteiger partial charge in [-0.15, -0.1) is 0 Å². The van der Waals surface area contributed by atoms with Gasteiger partial charge in [0.1, 0.15) is 5.60 Å². The summed E-state index contributed by atoms with van der Waals surface area (Å²) in [6, 6.07) is 5.57. The van der Waals surface area contributed by atoms with Crippen LogP contribution in [0.15, 0.2) is 18.2 Å². The summed E-state index contributed by atoms with van der Waals surface area (Å²) >= 11 is 0. The van der Waals surface area contributed by atoms with Gasteiger partial charge in [-0.2, -0.15) is 5.26 Å². The average Bonchev–Trinajstić information content (AvgIpc) is 2.36. The summed E-state index contributed by atoms with van der Waals surface area (Å²) in [6.45, 7) is 6.57. The zero-order valence-electron chi connectivity index (χ0n) is 12.2. The third-order valence-corrected chi connectivity index (χ3v) is 2.33. The molecule has 0 bridgehead atoms. The number of carbonyl (C=O) groups is 1. The number of nitriles is 1. The van der Waals surface area contributed by atoms with E-state index in [1.165, 1.54) is 19.1 Å². The van der Waals surface area contributed by atoms with Gasteiger partial charge in [0.2, 0.25) is 0 Å². The molecule has 7 heteroatoms. The Hall–Kier alpha value is -2.62. The molecule has 0 radical (unpaired) electrons. The van der Waals surface area contributed by atoms with Crippen molar-refractivity contribution in [3.63, 3.8) is 0 Å². The van der Waals surface area contributed by atoms with E-state index >= 15 is 0 Å². The summed E-state index contributed by atoms with van der Waals surface area (Å²) in [5, 5.41) is 19.7. The summed E-state index contributed by atoms with van der Waals surface area (Å²) in [5.41, 5.74) is -0.908. The maximum Gasteiger partial charge on any atom is 0.347 e. The molecule has 1 rings (SSSR count). The molecule has 0 heterocycles. The highest BCUT2D eigenvalue weighted by Crippen LogP contribution is 2.29. The Morgan fingerprint density at radius 1 is 1.43 bits per heavy atom. The molecule has 1 unspecified atom stereocenters. The Morgan fingerprint density at radius 2 is 2.05 bits per heavy atom. The standard InChI is InChI=1S/C14H16N2O5/c1-9(13(17)21-14(2,3)4)20-12-6-5-10(8-15)7-11(12)16(18)19/h5-7,9H,1-4H3. The van der Waals surface area contributed by atoms with Gasteiger partial charge in [-0.25, -0.2) is 4.79 Å². The van der Waals surface area contributed by atoms with Crippen molar-refractivity contribution in [1.82, 2.24) is 0 Å². The van der Waals surface area contributed by atoms with E-state index < -0.39 is 22.6 Å². The van der Waals surface area contributed by atoms with E-state index in [1.54, 1.807) is 26.8 Å². The maximum atomic E-state index is 11.8. The van der Waals surface area contributed by atoms with Crippen molar-refractivity contribution in [2.45, 2.75) is 39.4 Å². The largest absolute Gasteiger partial charge is 0.472 e. The third-order valence-electron chi connectivity index (χ3n) is 2.33. The Morgan fingerprint density at radius 3 is 2.52 bits per heavy atom. The monoisotopic (exact) mass is 292 g/mol. The molecule has 0 fully saturated rings. The first-order valence-corrected chi connectivity index (χ1v) is 6.22. The van der Waals surface area contributed by atoms with Gasteiger partial charge in [-0.3, -0.25) is 10.1 Å². The van der Waals surface area contributed by atoms with Crippen LogP contribution in [-0.2, 0) is 9.53 Å². The van der Waals surface area contributed by atoms with Crippen molar-refractivity contribution >= 4 is 11.7 Å². The quantitative estimate of drug-likeness (QED) is 0.480. The second-order valence-electron chi connectivity index (χ2n) is 5.34. The minimum atomic E-state index is -1.00. The molecule has 112 valence electrons. The molecule has 0 saturated carbocycles. The van der Waals surface area contributed by atoms with Crippen molar-refractivity contribution in [1.29, 1.82) is 5.26 Å². The topological polar surface area (TPSA) is 102 Å². The van der Waals surface area contributed by atoms with E-state index in [-0.39, 0.29) is 17.0 Å². The molecule has 0 amide bonds. The number of carbonyl (C=O) groups excluding carboxylic acids is 1. The van der Waals surface area contributed by atoms with E-state index in [2.05, 4.69) is 0 Å². The lowest BCUT2D eigenvalue weighted by Crippen LogP contribution is -2.33. The fourth-order valence-electron chi connectivity index (χ4n) is 1.45. The van der Waals surface area contributed by atoms with Crippen molar-refractivity contribution < 1.29 is 19.2 Å². The lowest BCUT2D eigenvalue weighted by atomic mass is 10.2. The molecule has 1 atom stereocenters. The van der Waals surface area contributed by atoms with Crippen LogP contribution >= 0.6 is 0 Å². The lowest BCUT2D eigenvalue weighted by Gasteiger charge is -2.22. The van der Waals surface area contributed by atoms with Crippen LogP contribution in [0.3, 0.4) is 0 Å². The first kappa shape index (κ1) is 16.4. The van der Waals surface area contributed by atoms with Crippen LogP contribution in [0.2, 0.25) is 0 Å². The van der Waals surface area contributed by atoms with E-state index in [1.807, 2.05) is 0 Å². The predicted molar refractivity (Wildman–Crippen MR) is 73.7 cm³/mol. The van der Waals surface area contributed by atoms with Crippen LogP contribution in [0.5, 0.6) is 5.75 Å². The van der Waals surface area contributed by atoms with E-state index in [9.17, 15) is 14.9 Å². The normalized spacial score (nSPS) is 12.1. The van der Waals surface area contributed by atoms with Gasteiger partial charge in [0.25, 0.3) is 0 Å². The van der Waals surface area contributed by atoms with E-state index in [0.717, 1.165) is 6.07 Å². The molecule has 0 spiro atoms. The van der Waals surface area contributed by atoms with Gasteiger partial charge in [-0.05, 0) is 39.8 Å². The van der Waals surface area contributed by atoms with Crippen LogP contribution in [-0.4, -0.2) is 22.6 Å². The number of nitro benzene ring substituents is 1. The van der Waals surface area contributed by atoms with Gasteiger partial charge in [0.05, 0.1) is 16.6 Å². The van der Waals surface area contributed by atoms with Crippen LogP contribution in [0.25, 0.3) is 0 Å². The molecule has 0 aromatic heterocycles. The molecule has 1 aromatic carbocycles. The molecule has 0 aliphatic rings. The summed E-state index contributed by atoms with van der Waals surface area (Å²) in [4.78, 5) is 22.1. The summed E-state index contributed by atoms with van der Waals surface area (Å²) < 4.78 is 10.4. The number of hydrogen-bond donors (Lipinski definition) is 0. The molecule has 0 N–H and O–H groups in total. The summed E-state index contributed by atoms with van der Waals surface area (Å²) in [7, 11) is 0. The zero-order valence-corrected chi connectivity index (χ0v) is 12.2. The summed E-state index contributed by atoms with van der Waals surface area (Å²) in [5.74, 6) is -0.710. The second kappa shape index (κ2) is 6.22. The predicted octanol–water partition coefficient (Wildman–Crippen LogP) is 2.58. The molecular weight excluding hydrogens is 276 g/mol. The minimum Gasteiger partial charge on any atom is -0.472 e. The molecule has 21 heavy (non-hydrogen) atoms. The smallest absolute Gasteiger partial charge is 0.347 e. The molecule has 0 aliphatic carbocycles. The Kier molecular flexibility index (Phi) is 4.87. The number of esters is 1. The first-order chi connectivity index (χ1) is 9.64. The fourth-order valence-corrected chi connectivity index (χ4v) is 1.45. The first-order valence-electron chi connectivity index (χ1n) is 6.22. The highest BCUT2D eigenvalue weighted by atomic mass is 16.6. The second-order valence-corrected chi connectivity index (χ2v) is 5.34. The number of rotatable bonds is 4. The highest BCUT2D eigenvalue weighted by Gasteiger charge is 2.26. The van der Waals surface area contributed by atoms with Crippen LogP contribution < -0.4 is 4.74 Å². The molecule has 7 nitrogen and oxygen atoms in total. The Balaban J connectivity index is 2.95. The lowest BCUT2D eigenvalue weighted by molar-refractivity contribution is -0.386. The van der Waals surface area contributed by atoms with E-state index in [0.29, 0.717) is 0 Å². The maximum absolute atomic E-state index is 11.8. The number of nitro groups is 1. The van der Waals surface area contributed by atoms with Crippen molar-refractivity contribution in [2.24, 2.45) is 0 Å². The SMILES string of the molecule is CC(Oc1ccc(C#N)cc1[N+](=O)[O-])C(=O)OC(C)(C)C. The third kappa shape index (κ3) is 4.76. The van der Waals surface area contributed by atoms with Crippen molar-refractivity contribution in [3.05, 3.63) is 33.9 Å². The molecule has 0 saturated heterocycles. The van der Waals surface area contributed by atoms with Gasteiger partial charge in [-0.1, -0.05) is 0 Å². The minimum absolute atomic E-state index is 0.0858. The van der Waals surface area contributed by atoms with Gasteiger partial charge >= 0.3 is 11.7 Å². The van der Waals surface area contributed by atoms with Crippen molar-refractivity contribution in [2.75, 3.05) is 0 Å². The number of benzene rings is 1. The van der Waals surface area contributed by atoms with Gasteiger partial charge in [0.15, 0.2) is 11.9 Å². The molecule has 1 aromatic rings.